The monoisotopic (exact) mass is 317 g/mol. The second-order valence-corrected chi connectivity index (χ2v) is 6.04. The van der Waals surface area contributed by atoms with Crippen molar-refractivity contribution in [1.82, 2.24) is 14.5 Å². The third kappa shape index (κ3) is 3.11. The minimum Gasteiger partial charge on any atom is -0.497 e. The van der Waals surface area contributed by atoms with E-state index in [-0.39, 0.29) is 11.9 Å². The first-order valence-electron chi connectivity index (χ1n) is 7.51. The van der Waals surface area contributed by atoms with Gasteiger partial charge < -0.3 is 9.64 Å². The SMILES string of the molecule is COc1ccc([C@H]2CCCCCN2C(=O)c2csnn2)cc1. The first-order chi connectivity index (χ1) is 10.8. The lowest BCUT2D eigenvalue weighted by Gasteiger charge is -2.30. The Morgan fingerprint density at radius 1 is 1.27 bits per heavy atom. The Balaban J connectivity index is 1.88. The molecule has 0 aliphatic carbocycles. The highest BCUT2D eigenvalue weighted by Gasteiger charge is 2.28. The molecule has 1 fully saturated rings. The highest BCUT2D eigenvalue weighted by Crippen LogP contribution is 2.32. The first-order valence-corrected chi connectivity index (χ1v) is 8.35. The number of amides is 1. The normalized spacial score (nSPS) is 18.8. The summed E-state index contributed by atoms with van der Waals surface area (Å²) in [5.41, 5.74) is 1.60. The van der Waals surface area contributed by atoms with Gasteiger partial charge in [-0.2, -0.15) is 0 Å². The quantitative estimate of drug-likeness (QED) is 0.871. The van der Waals surface area contributed by atoms with Crippen LogP contribution >= 0.6 is 11.5 Å². The van der Waals surface area contributed by atoms with Crippen LogP contribution in [0.3, 0.4) is 0 Å². The summed E-state index contributed by atoms with van der Waals surface area (Å²) in [6.07, 6.45) is 4.31. The number of carbonyl (C=O) groups excluding carboxylic acids is 1. The molecule has 0 N–H and O–H groups in total. The van der Waals surface area contributed by atoms with E-state index < -0.39 is 0 Å². The molecular weight excluding hydrogens is 298 g/mol. The van der Waals surface area contributed by atoms with Crippen LogP contribution in [-0.4, -0.2) is 34.0 Å². The smallest absolute Gasteiger partial charge is 0.275 e. The highest BCUT2D eigenvalue weighted by molar-refractivity contribution is 7.03. The lowest BCUT2D eigenvalue weighted by atomic mass is 10.0. The first kappa shape index (κ1) is 15.0. The van der Waals surface area contributed by atoms with E-state index in [1.165, 1.54) is 11.5 Å². The Morgan fingerprint density at radius 3 is 2.77 bits per heavy atom. The van der Waals surface area contributed by atoms with Gasteiger partial charge in [0.25, 0.3) is 5.91 Å². The molecule has 1 aromatic carbocycles. The largest absolute Gasteiger partial charge is 0.497 e. The maximum atomic E-state index is 12.7. The second kappa shape index (κ2) is 6.87. The average Bonchev–Trinajstić information content (AvgIpc) is 2.99. The molecule has 116 valence electrons. The summed E-state index contributed by atoms with van der Waals surface area (Å²) in [6.45, 7) is 0.771. The molecule has 22 heavy (non-hydrogen) atoms. The molecule has 0 spiro atoms. The Bertz CT molecular complexity index is 613. The summed E-state index contributed by atoms with van der Waals surface area (Å²) in [5.74, 6) is 0.815. The van der Waals surface area contributed by atoms with Gasteiger partial charge in [-0.05, 0) is 42.1 Å². The van der Waals surface area contributed by atoms with Gasteiger partial charge in [-0.1, -0.05) is 29.5 Å². The van der Waals surface area contributed by atoms with Crippen LogP contribution in [0, 0.1) is 0 Å². The number of ether oxygens (including phenoxy) is 1. The van der Waals surface area contributed by atoms with Gasteiger partial charge in [0.15, 0.2) is 5.69 Å². The minimum atomic E-state index is -0.0172. The van der Waals surface area contributed by atoms with Crippen LogP contribution in [0.25, 0.3) is 0 Å². The molecule has 5 nitrogen and oxygen atoms in total. The summed E-state index contributed by atoms with van der Waals surface area (Å²) >= 11 is 1.21. The molecule has 1 aliphatic rings. The molecule has 1 atom stereocenters. The zero-order valence-electron chi connectivity index (χ0n) is 12.6. The van der Waals surface area contributed by atoms with Crippen LogP contribution in [0.1, 0.15) is 47.8 Å². The number of benzene rings is 1. The second-order valence-electron chi connectivity index (χ2n) is 5.43. The maximum absolute atomic E-state index is 12.7. The third-order valence-electron chi connectivity index (χ3n) is 4.09. The van der Waals surface area contributed by atoms with Crippen LogP contribution in [-0.2, 0) is 0 Å². The van der Waals surface area contributed by atoms with Crippen molar-refractivity contribution in [2.45, 2.75) is 31.7 Å². The fraction of sp³-hybridized carbons (Fsp3) is 0.438. The van der Waals surface area contributed by atoms with Gasteiger partial charge in [-0.3, -0.25) is 4.79 Å². The number of hydrogen-bond donors (Lipinski definition) is 0. The van der Waals surface area contributed by atoms with E-state index in [1.54, 1.807) is 12.5 Å². The number of aromatic nitrogens is 2. The van der Waals surface area contributed by atoms with Gasteiger partial charge in [0.1, 0.15) is 5.75 Å². The zero-order chi connectivity index (χ0) is 15.4. The van der Waals surface area contributed by atoms with Crippen LogP contribution in [0.5, 0.6) is 5.75 Å². The van der Waals surface area contributed by atoms with Crippen molar-refractivity contribution in [2.75, 3.05) is 13.7 Å². The number of hydrogen-bond acceptors (Lipinski definition) is 5. The molecule has 2 heterocycles. The molecule has 0 unspecified atom stereocenters. The molecule has 1 aromatic heterocycles. The molecule has 1 amide bonds. The highest BCUT2D eigenvalue weighted by atomic mass is 32.1. The molecule has 2 aromatic rings. The Kier molecular flexibility index (Phi) is 4.68. The van der Waals surface area contributed by atoms with E-state index >= 15 is 0 Å². The van der Waals surface area contributed by atoms with Crippen molar-refractivity contribution >= 4 is 17.4 Å². The molecular formula is C16H19N3O2S. The van der Waals surface area contributed by atoms with E-state index in [4.69, 9.17) is 4.74 Å². The summed E-state index contributed by atoms with van der Waals surface area (Å²) in [5, 5.41) is 5.66. The Hall–Kier alpha value is -1.95. The number of rotatable bonds is 3. The number of carbonyl (C=O) groups is 1. The van der Waals surface area contributed by atoms with Crippen molar-refractivity contribution in [3.05, 3.63) is 40.9 Å². The van der Waals surface area contributed by atoms with Crippen molar-refractivity contribution in [3.63, 3.8) is 0 Å². The summed E-state index contributed by atoms with van der Waals surface area (Å²) in [6, 6.07) is 8.10. The average molecular weight is 317 g/mol. The molecule has 0 saturated carbocycles. The van der Waals surface area contributed by atoms with Gasteiger partial charge in [0, 0.05) is 11.9 Å². The molecule has 1 saturated heterocycles. The van der Waals surface area contributed by atoms with Gasteiger partial charge in [0.05, 0.1) is 13.2 Å². The molecule has 6 heteroatoms. The predicted molar refractivity (Wildman–Crippen MR) is 85.1 cm³/mol. The molecule has 0 bridgehead atoms. The Morgan fingerprint density at radius 2 is 2.09 bits per heavy atom. The van der Waals surface area contributed by atoms with Crippen molar-refractivity contribution in [3.8, 4) is 5.75 Å². The molecule has 1 aliphatic heterocycles. The number of nitrogens with zero attached hydrogens (tertiary/aromatic N) is 3. The van der Waals surface area contributed by atoms with Gasteiger partial charge in [-0.25, -0.2) is 0 Å². The van der Waals surface area contributed by atoms with Crippen LogP contribution in [0.15, 0.2) is 29.6 Å². The lowest BCUT2D eigenvalue weighted by molar-refractivity contribution is 0.0675. The van der Waals surface area contributed by atoms with Crippen molar-refractivity contribution in [2.24, 2.45) is 0 Å². The fourth-order valence-electron chi connectivity index (χ4n) is 2.93. The number of methoxy groups -OCH3 is 1. The van der Waals surface area contributed by atoms with Gasteiger partial charge >= 0.3 is 0 Å². The Labute approximate surface area is 134 Å². The third-order valence-corrected chi connectivity index (χ3v) is 4.60. The fourth-order valence-corrected chi connectivity index (χ4v) is 3.36. The zero-order valence-corrected chi connectivity index (χ0v) is 13.4. The standard InChI is InChI=1S/C16H19N3O2S/c1-21-13-8-6-12(7-9-13)15-5-3-2-4-10-19(15)16(20)14-11-22-18-17-14/h6-9,11,15H,2-5,10H2,1H3/t15-/m1/s1. The van der Waals surface area contributed by atoms with E-state index in [2.05, 4.69) is 9.59 Å². The van der Waals surface area contributed by atoms with E-state index in [1.807, 2.05) is 29.2 Å². The maximum Gasteiger partial charge on any atom is 0.275 e. The summed E-state index contributed by atoms with van der Waals surface area (Å²) in [7, 11) is 1.66. The summed E-state index contributed by atoms with van der Waals surface area (Å²) < 4.78 is 9.03. The van der Waals surface area contributed by atoms with E-state index in [9.17, 15) is 4.79 Å². The van der Waals surface area contributed by atoms with Crippen LogP contribution in [0.4, 0.5) is 0 Å². The molecule has 0 radical (unpaired) electrons. The topological polar surface area (TPSA) is 55.3 Å². The van der Waals surface area contributed by atoms with Crippen LogP contribution in [0.2, 0.25) is 0 Å². The minimum absolute atomic E-state index is 0.0172. The van der Waals surface area contributed by atoms with Crippen molar-refractivity contribution < 1.29 is 9.53 Å². The van der Waals surface area contributed by atoms with E-state index in [0.29, 0.717) is 5.69 Å². The van der Waals surface area contributed by atoms with Gasteiger partial charge in [-0.15, -0.1) is 5.10 Å². The van der Waals surface area contributed by atoms with Crippen molar-refractivity contribution in [1.29, 1.82) is 0 Å². The summed E-state index contributed by atoms with van der Waals surface area (Å²) in [4.78, 5) is 14.7. The lowest BCUT2D eigenvalue weighted by Crippen LogP contribution is -2.35. The van der Waals surface area contributed by atoms with E-state index in [0.717, 1.165) is 43.5 Å². The number of likely N-dealkylation sites (tertiary alicyclic amines) is 1. The predicted octanol–water partition coefficient (Wildman–Crippen LogP) is 3.30. The van der Waals surface area contributed by atoms with Gasteiger partial charge in [0.2, 0.25) is 0 Å². The molecule has 3 rings (SSSR count). The van der Waals surface area contributed by atoms with Crippen LogP contribution < -0.4 is 4.74 Å².